The van der Waals surface area contributed by atoms with Crippen molar-refractivity contribution < 1.29 is 13.2 Å². The van der Waals surface area contributed by atoms with Crippen LogP contribution in [0.2, 0.25) is 0 Å². The first kappa shape index (κ1) is 19.4. The number of nitrogens with zero attached hydrogens (tertiary/aromatic N) is 1. The monoisotopic (exact) mass is 406 g/mol. The van der Waals surface area contributed by atoms with Crippen molar-refractivity contribution in [2.75, 3.05) is 4.90 Å². The molecule has 0 saturated heterocycles. The fraction of sp³-hybridized carbons (Fsp3) is 0.174. The Bertz CT molecular complexity index is 1130. The molecule has 1 heterocycles. The summed E-state index contributed by atoms with van der Waals surface area (Å²) < 4.78 is 28.0. The third-order valence-corrected chi connectivity index (χ3v) is 6.66. The zero-order chi connectivity index (χ0) is 20.4. The zero-order valence-electron chi connectivity index (χ0n) is 16.1. The molecule has 0 saturated carbocycles. The number of hydrogen-bond donors (Lipinski definition) is 1. The van der Waals surface area contributed by atoms with E-state index in [1.807, 2.05) is 55.5 Å². The molecule has 1 unspecified atom stereocenters. The molecule has 5 nitrogen and oxygen atoms in total. The molecular weight excluding hydrogens is 384 g/mol. The van der Waals surface area contributed by atoms with Gasteiger partial charge in [0.15, 0.2) is 0 Å². The van der Waals surface area contributed by atoms with Crippen LogP contribution in [0.3, 0.4) is 0 Å². The maximum Gasteiger partial charge on any atom is 0.241 e. The van der Waals surface area contributed by atoms with Gasteiger partial charge >= 0.3 is 0 Å². The summed E-state index contributed by atoms with van der Waals surface area (Å²) in [5, 5.41) is 0. The average Bonchev–Trinajstić information content (AvgIpc) is 2.74. The van der Waals surface area contributed by atoms with Gasteiger partial charge in [-0.15, -0.1) is 0 Å². The Balaban J connectivity index is 1.62. The molecule has 1 N–H and O–H groups in total. The van der Waals surface area contributed by atoms with E-state index in [0.717, 1.165) is 22.5 Å². The van der Waals surface area contributed by atoms with Crippen LogP contribution in [0.4, 0.5) is 11.4 Å². The smallest absolute Gasteiger partial charge is 0.241 e. The second-order valence-electron chi connectivity index (χ2n) is 7.11. The van der Waals surface area contributed by atoms with E-state index in [-0.39, 0.29) is 10.8 Å². The van der Waals surface area contributed by atoms with Crippen molar-refractivity contribution in [3.8, 4) is 0 Å². The van der Waals surface area contributed by atoms with Crippen LogP contribution in [-0.4, -0.2) is 14.3 Å². The van der Waals surface area contributed by atoms with Crippen LogP contribution in [0.15, 0.2) is 83.8 Å². The van der Waals surface area contributed by atoms with Crippen molar-refractivity contribution in [1.29, 1.82) is 0 Å². The predicted molar refractivity (Wildman–Crippen MR) is 114 cm³/mol. The molecule has 0 radical (unpaired) electrons. The predicted octanol–water partition coefficient (Wildman–Crippen LogP) is 4.34. The molecule has 6 heteroatoms. The molecule has 0 aliphatic carbocycles. The Hall–Kier alpha value is -2.96. The quantitative estimate of drug-likeness (QED) is 0.686. The zero-order valence-corrected chi connectivity index (χ0v) is 16.9. The lowest BCUT2D eigenvalue weighted by atomic mass is 9.96. The van der Waals surface area contributed by atoms with Gasteiger partial charge in [-0.3, -0.25) is 9.69 Å². The van der Waals surface area contributed by atoms with Gasteiger partial charge in [0.05, 0.1) is 10.6 Å². The first-order chi connectivity index (χ1) is 14.0. The first-order valence-corrected chi connectivity index (χ1v) is 11.0. The number of para-hydroxylation sites is 1. The molecule has 29 heavy (non-hydrogen) atoms. The Morgan fingerprint density at radius 2 is 1.55 bits per heavy atom. The summed E-state index contributed by atoms with van der Waals surface area (Å²) in [6.45, 7) is 1.82. The van der Waals surface area contributed by atoms with Gasteiger partial charge in [-0.25, -0.2) is 13.1 Å². The number of benzene rings is 3. The fourth-order valence-corrected chi connectivity index (χ4v) is 4.86. The third kappa shape index (κ3) is 3.95. The van der Waals surface area contributed by atoms with Gasteiger partial charge < -0.3 is 0 Å². The van der Waals surface area contributed by atoms with Gasteiger partial charge in [-0.1, -0.05) is 48.5 Å². The van der Waals surface area contributed by atoms with Crippen LogP contribution in [-0.2, 0) is 21.2 Å². The number of nitrogens with one attached hydrogen (secondary N) is 1. The molecule has 0 spiro atoms. The Kier molecular flexibility index (Phi) is 5.22. The SMILES string of the molecule is CC(NS(=O)(=O)c1ccccc1)c1ccc2c(c1)CCC(=O)N2c1ccccc1. The minimum absolute atomic E-state index is 0.0641. The highest BCUT2D eigenvalue weighted by molar-refractivity contribution is 7.89. The molecule has 1 aliphatic heterocycles. The summed E-state index contributed by atoms with van der Waals surface area (Å²) in [5.74, 6) is 0.0641. The van der Waals surface area contributed by atoms with Gasteiger partial charge in [-0.05, 0) is 54.8 Å². The molecular formula is C23H22N2O3S. The van der Waals surface area contributed by atoms with E-state index in [9.17, 15) is 13.2 Å². The highest BCUT2D eigenvalue weighted by atomic mass is 32.2. The van der Waals surface area contributed by atoms with Crippen LogP contribution in [0.25, 0.3) is 0 Å². The molecule has 0 fully saturated rings. The minimum Gasteiger partial charge on any atom is -0.281 e. The molecule has 1 aliphatic rings. The van der Waals surface area contributed by atoms with Gasteiger partial charge in [0.25, 0.3) is 0 Å². The lowest BCUT2D eigenvalue weighted by molar-refractivity contribution is -0.118. The van der Waals surface area contributed by atoms with Gasteiger partial charge in [0.1, 0.15) is 0 Å². The highest BCUT2D eigenvalue weighted by Crippen LogP contribution is 2.35. The number of rotatable bonds is 5. The van der Waals surface area contributed by atoms with E-state index < -0.39 is 16.1 Å². The number of hydrogen-bond acceptors (Lipinski definition) is 3. The van der Waals surface area contributed by atoms with Crippen LogP contribution in [0, 0.1) is 0 Å². The molecule has 1 amide bonds. The number of anilines is 2. The van der Waals surface area contributed by atoms with Crippen molar-refractivity contribution in [2.45, 2.75) is 30.7 Å². The highest BCUT2D eigenvalue weighted by Gasteiger charge is 2.26. The summed E-state index contributed by atoms with van der Waals surface area (Å²) in [6, 6.07) is 23.3. The van der Waals surface area contributed by atoms with E-state index >= 15 is 0 Å². The van der Waals surface area contributed by atoms with E-state index in [1.54, 1.807) is 35.2 Å². The van der Waals surface area contributed by atoms with Gasteiger partial charge in [-0.2, -0.15) is 0 Å². The van der Waals surface area contributed by atoms with Gasteiger partial charge in [0, 0.05) is 18.2 Å². The lowest BCUT2D eigenvalue weighted by Crippen LogP contribution is -2.31. The van der Waals surface area contributed by atoms with E-state index in [1.165, 1.54) is 0 Å². The molecule has 4 rings (SSSR count). The molecule has 3 aromatic carbocycles. The van der Waals surface area contributed by atoms with Crippen LogP contribution < -0.4 is 9.62 Å². The van der Waals surface area contributed by atoms with Crippen molar-refractivity contribution in [2.24, 2.45) is 0 Å². The second-order valence-corrected chi connectivity index (χ2v) is 8.82. The Labute approximate surface area is 171 Å². The third-order valence-electron chi connectivity index (χ3n) is 5.10. The number of fused-ring (bicyclic) bond motifs is 1. The average molecular weight is 407 g/mol. The summed E-state index contributed by atoms with van der Waals surface area (Å²) in [6.07, 6.45) is 1.07. The number of aryl methyl sites for hydroxylation is 1. The lowest BCUT2D eigenvalue weighted by Gasteiger charge is -2.30. The molecule has 0 aromatic heterocycles. The first-order valence-electron chi connectivity index (χ1n) is 9.54. The van der Waals surface area contributed by atoms with Crippen molar-refractivity contribution >= 4 is 27.3 Å². The standard InChI is InChI=1S/C23H22N2O3S/c1-17(24-29(27,28)21-10-6-3-7-11-21)18-12-14-22-19(16-18)13-15-23(26)25(22)20-8-4-2-5-9-20/h2-12,14,16-17,24H,13,15H2,1H3. The topological polar surface area (TPSA) is 66.5 Å². The Morgan fingerprint density at radius 3 is 2.24 bits per heavy atom. The van der Waals surface area contributed by atoms with Crippen LogP contribution in [0.1, 0.15) is 30.5 Å². The normalized spacial score (nSPS) is 15.1. The maximum absolute atomic E-state index is 12.6. The Morgan fingerprint density at radius 1 is 0.897 bits per heavy atom. The van der Waals surface area contributed by atoms with Gasteiger partial charge in [0.2, 0.25) is 15.9 Å². The number of carbonyl (C=O) groups is 1. The van der Waals surface area contributed by atoms with E-state index in [2.05, 4.69) is 4.72 Å². The van der Waals surface area contributed by atoms with Crippen molar-refractivity contribution in [1.82, 2.24) is 4.72 Å². The maximum atomic E-state index is 12.6. The largest absolute Gasteiger partial charge is 0.281 e. The fourth-order valence-electron chi connectivity index (χ4n) is 3.61. The van der Waals surface area contributed by atoms with Crippen LogP contribution >= 0.6 is 0 Å². The summed E-state index contributed by atoms with van der Waals surface area (Å²) in [7, 11) is -3.61. The molecule has 148 valence electrons. The minimum atomic E-state index is -3.61. The number of carbonyl (C=O) groups excluding carboxylic acids is 1. The molecule has 0 bridgehead atoms. The van der Waals surface area contributed by atoms with E-state index in [0.29, 0.717) is 12.8 Å². The molecule has 1 atom stereocenters. The van der Waals surface area contributed by atoms with E-state index in [4.69, 9.17) is 0 Å². The molecule has 3 aromatic rings. The van der Waals surface area contributed by atoms with Crippen molar-refractivity contribution in [3.05, 3.63) is 90.0 Å². The summed E-state index contributed by atoms with van der Waals surface area (Å²) in [5.41, 5.74) is 3.60. The number of sulfonamides is 1. The van der Waals surface area contributed by atoms with Crippen molar-refractivity contribution in [3.63, 3.8) is 0 Å². The summed E-state index contributed by atoms with van der Waals surface area (Å²) in [4.78, 5) is 14.5. The van der Waals surface area contributed by atoms with Crippen LogP contribution in [0.5, 0.6) is 0 Å². The second kappa shape index (κ2) is 7.81. The summed E-state index contributed by atoms with van der Waals surface area (Å²) >= 11 is 0. The number of amides is 1.